The highest BCUT2D eigenvalue weighted by Crippen LogP contribution is 2.36. The van der Waals surface area contributed by atoms with Crippen molar-refractivity contribution in [3.8, 4) is 22.3 Å². The molecular weight excluding hydrogens is 348 g/mol. The van der Waals surface area contributed by atoms with Gasteiger partial charge >= 0.3 is 0 Å². The smallest absolute Gasteiger partial charge is 0.0103 e. The molecule has 0 bridgehead atoms. The molecule has 0 aliphatic carbocycles. The maximum Gasteiger partial charge on any atom is -0.0103 e. The van der Waals surface area contributed by atoms with Crippen molar-refractivity contribution in [2.45, 2.75) is 72.1 Å². The Morgan fingerprint density at radius 2 is 0.931 bits per heavy atom. The topological polar surface area (TPSA) is 0 Å². The van der Waals surface area contributed by atoms with Gasteiger partial charge in [0.25, 0.3) is 0 Å². The fraction of sp³-hybridized carbons (Fsp3) is 0.379. The van der Waals surface area contributed by atoms with E-state index in [1.807, 2.05) is 0 Å². The van der Waals surface area contributed by atoms with Gasteiger partial charge in [0.15, 0.2) is 0 Å². The first kappa shape index (κ1) is 21.4. The van der Waals surface area contributed by atoms with Crippen LogP contribution in [0.5, 0.6) is 0 Å². The second kappa shape index (κ2) is 7.82. The maximum absolute atomic E-state index is 2.38. The molecule has 0 N–H and O–H groups in total. The van der Waals surface area contributed by atoms with Crippen LogP contribution in [0.1, 0.15) is 78.0 Å². The van der Waals surface area contributed by atoms with E-state index >= 15 is 0 Å². The van der Waals surface area contributed by atoms with Crippen molar-refractivity contribution >= 4 is 0 Å². The van der Waals surface area contributed by atoms with Crippen LogP contribution in [0.15, 0.2) is 66.7 Å². The standard InChI is InChI=1S/C29H36/c1-20(2)23-13-18-26(21-9-14-24(15-10-21)28(3,4)5)27(19-23)22-11-16-25(17-12-22)29(6,7)8/h9-20H,1-8H3. The monoisotopic (exact) mass is 384 g/mol. The van der Waals surface area contributed by atoms with Gasteiger partial charge in [0.1, 0.15) is 0 Å². The lowest BCUT2D eigenvalue weighted by atomic mass is 9.84. The third-order valence-electron chi connectivity index (χ3n) is 5.83. The molecule has 0 saturated heterocycles. The highest BCUT2D eigenvalue weighted by molar-refractivity contribution is 5.84. The predicted octanol–water partition coefficient (Wildman–Crippen LogP) is 8.74. The summed E-state index contributed by atoms with van der Waals surface area (Å²) >= 11 is 0. The van der Waals surface area contributed by atoms with Crippen LogP contribution in [-0.2, 0) is 10.8 Å². The molecule has 0 unspecified atom stereocenters. The van der Waals surface area contributed by atoms with Gasteiger partial charge in [0.2, 0.25) is 0 Å². The van der Waals surface area contributed by atoms with Crippen molar-refractivity contribution < 1.29 is 0 Å². The Hall–Kier alpha value is -2.34. The van der Waals surface area contributed by atoms with E-state index in [0.717, 1.165) is 0 Å². The minimum atomic E-state index is 0.171. The Labute approximate surface area is 178 Å². The molecule has 0 spiro atoms. The van der Waals surface area contributed by atoms with E-state index in [1.165, 1.54) is 38.9 Å². The largest absolute Gasteiger partial charge is 0.0587 e. The summed E-state index contributed by atoms with van der Waals surface area (Å²) in [5.41, 5.74) is 9.66. The molecule has 0 radical (unpaired) electrons. The quantitative estimate of drug-likeness (QED) is 0.423. The van der Waals surface area contributed by atoms with Crippen LogP contribution < -0.4 is 0 Å². The van der Waals surface area contributed by atoms with E-state index in [9.17, 15) is 0 Å². The average Bonchev–Trinajstić information content (AvgIpc) is 2.66. The van der Waals surface area contributed by atoms with Gasteiger partial charge in [-0.05, 0) is 55.7 Å². The average molecular weight is 385 g/mol. The molecule has 0 amide bonds. The van der Waals surface area contributed by atoms with E-state index in [-0.39, 0.29) is 10.8 Å². The number of hydrogen-bond donors (Lipinski definition) is 0. The lowest BCUT2D eigenvalue weighted by Crippen LogP contribution is -2.10. The van der Waals surface area contributed by atoms with Gasteiger partial charge in [-0.15, -0.1) is 0 Å². The third kappa shape index (κ3) is 4.81. The first-order valence-corrected chi connectivity index (χ1v) is 10.8. The van der Waals surface area contributed by atoms with E-state index in [0.29, 0.717) is 5.92 Å². The van der Waals surface area contributed by atoms with Gasteiger partial charge in [-0.1, -0.05) is 122 Å². The molecule has 0 heteroatoms. The molecule has 0 heterocycles. The Bertz CT molecular complexity index is 957. The highest BCUT2D eigenvalue weighted by Gasteiger charge is 2.16. The number of hydrogen-bond acceptors (Lipinski definition) is 0. The Kier molecular flexibility index (Phi) is 5.77. The summed E-state index contributed by atoms with van der Waals surface area (Å²) in [6.45, 7) is 18.1. The van der Waals surface area contributed by atoms with Crippen LogP contribution in [0.4, 0.5) is 0 Å². The van der Waals surface area contributed by atoms with Crippen molar-refractivity contribution in [2.75, 3.05) is 0 Å². The summed E-state index contributed by atoms with van der Waals surface area (Å²) in [7, 11) is 0. The summed E-state index contributed by atoms with van der Waals surface area (Å²) in [5.74, 6) is 0.514. The second-order valence-corrected chi connectivity index (χ2v) is 10.6. The highest BCUT2D eigenvalue weighted by atomic mass is 14.2. The van der Waals surface area contributed by atoms with Gasteiger partial charge in [0.05, 0.1) is 0 Å². The Balaban J connectivity index is 2.11. The van der Waals surface area contributed by atoms with Crippen molar-refractivity contribution in [3.63, 3.8) is 0 Å². The molecule has 3 rings (SSSR count). The van der Waals surface area contributed by atoms with Crippen molar-refractivity contribution in [2.24, 2.45) is 0 Å². The molecule has 3 aromatic rings. The summed E-state index contributed by atoms with van der Waals surface area (Å²) in [4.78, 5) is 0. The molecule has 0 nitrogen and oxygen atoms in total. The van der Waals surface area contributed by atoms with Crippen molar-refractivity contribution in [3.05, 3.63) is 83.4 Å². The molecule has 0 aliphatic heterocycles. The fourth-order valence-electron chi connectivity index (χ4n) is 3.71. The number of rotatable bonds is 3. The molecule has 0 atom stereocenters. The minimum Gasteiger partial charge on any atom is -0.0587 e. The fourth-order valence-corrected chi connectivity index (χ4v) is 3.71. The molecule has 0 aromatic heterocycles. The lowest BCUT2D eigenvalue weighted by molar-refractivity contribution is 0.590. The van der Waals surface area contributed by atoms with Gasteiger partial charge in [-0.25, -0.2) is 0 Å². The van der Waals surface area contributed by atoms with Crippen LogP contribution in [0, 0.1) is 0 Å². The first-order chi connectivity index (χ1) is 13.5. The third-order valence-corrected chi connectivity index (χ3v) is 5.83. The summed E-state index contributed by atoms with van der Waals surface area (Å²) in [6.07, 6.45) is 0. The van der Waals surface area contributed by atoms with Gasteiger partial charge < -0.3 is 0 Å². The molecular formula is C29H36. The van der Waals surface area contributed by atoms with Crippen LogP contribution in [0.25, 0.3) is 22.3 Å². The van der Waals surface area contributed by atoms with E-state index in [1.54, 1.807) is 0 Å². The molecule has 29 heavy (non-hydrogen) atoms. The zero-order chi connectivity index (χ0) is 21.4. The van der Waals surface area contributed by atoms with Crippen LogP contribution in [0.2, 0.25) is 0 Å². The molecule has 0 fully saturated rings. The summed E-state index contributed by atoms with van der Waals surface area (Å²) in [5, 5.41) is 0. The second-order valence-electron chi connectivity index (χ2n) is 10.6. The van der Waals surface area contributed by atoms with Crippen LogP contribution in [-0.4, -0.2) is 0 Å². The lowest BCUT2D eigenvalue weighted by Gasteiger charge is -2.21. The van der Waals surface area contributed by atoms with Gasteiger partial charge in [0, 0.05) is 0 Å². The van der Waals surface area contributed by atoms with E-state index in [2.05, 4.69) is 122 Å². The van der Waals surface area contributed by atoms with E-state index in [4.69, 9.17) is 0 Å². The van der Waals surface area contributed by atoms with E-state index < -0.39 is 0 Å². The molecule has 0 saturated carbocycles. The molecule has 0 aliphatic rings. The van der Waals surface area contributed by atoms with Gasteiger partial charge in [-0.2, -0.15) is 0 Å². The zero-order valence-electron chi connectivity index (χ0n) is 19.4. The van der Waals surface area contributed by atoms with Crippen molar-refractivity contribution in [1.82, 2.24) is 0 Å². The Morgan fingerprint density at radius 1 is 0.517 bits per heavy atom. The van der Waals surface area contributed by atoms with Gasteiger partial charge in [-0.3, -0.25) is 0 Å². The summed E-state index contributed by atoms with van der Waals surface area (Å²) < 4.78 is 0. The SMILES string of the molecule is CC(C)c1ccc(-c2ccc(C(C)(C)C)cc2)c(-c2ccc(C(C)(C)C)cc2)c1. The van der Waals surface area contributed by atoms with Crippen LogP contribution >= 0.6 is 0 Å². The number of benzene rings is 3. The normalized spacial score (nSPS) is 12.4. The zero-order valence-corrected chi connectivity index (χ0v) is 19.4. The molecule has 3 aromatic carbocycles. The predicted molar refractivity (Wildman–Crippen MR) is 129 cm³/mol. The van der Waals surface area contributed by atoms with Crippen LogP contribution in [0.3, 0.4) is 0 Å². The summed E-state index contributed by atoms with van der Waals surface area (Å²) in [6, 6.07) is 25.2. The van der Waals surface area contributed by atoms with Crippen molar-refractivity contribution in [1.29, 1.82) is 0 Å². The molecule has 152 valence electrons. The minimum absolute atomic E-state index is 0.171. The Morgan fingerprint density at radius 3 is 1.31 bits per heavy atom. The first-order valence-electron chi connectivity index (χ1n) is 10.8. The maximum atomic E-state index is 2.38.